The maximum absolute atomic E-state index is 3.49. The molecule has 0 aromatic carbocycles. The average Bonchev–Trinajstić information content (AvgIpc) is 2.98. The van der Waals surface area contributed by atoms with Crippen molar-refractivity contribution in [3.8, 4) is 0 Å². The molecule has 0 aromatic rings. The zero-order chi connectivity index (χ0) is 11.3. The Bertz CT molecular complexity index is 177. The molecule has 0 bridgehead atoms. The smallest absolute Gasteiger partial charge is 0.00444 e. The Morgan fingerprint density at radius 2 is 2.00 bits per heavy atom. The first-order chi connectivity index (χ1) is 7.09. The molecule has 2 heteroatoms. The molecule has 1 atom stereocenters. The lowest BCUT2D eigenvalue weighted by atomic mass is 9.87. The highest BCUT2D eigenvalue weighted by Gasteiger charge is 2.27. The van der Waals surface area contributed by atoms with Crippen molar-refractivity contribution in [2.45, 2.75) is 40.0 Å². The van der Waals surface area contributed by atoms with Gasteiger partial charge in [0, 0.05) is 19.6 Å². The fourth-order valence-electron chi connectivity index (χ4n) is 2.18. The second-order valence-electron chi connectivity index (χ2n) is 5.58. The van der Waals surface area contributed by atoms with Crippen LogP contribution in [-0.2, 0) is 0 Å². The Kier molecular flexibility index (Phi) is 5.07. The summed E-state index contributed by atoms with van der Waals surface area (Å²) < 4.78 is 0. The molecule has 0 amide bonds. The second-order valence-corrected chi connectivity index (χ2v) is 5.58. The van der Waals surface area contributed by atoms with Crippen LogP contribution < -0.4 is 5.32 Å². The number of hydrogen-bond donors (Lipinski definition) is 1. The predicted molar refractivity (Wildman–Crippen MR) is 67.2 cm³/mol. The average molecular weight is 212 g/mol. The minimum atomic E-state index is 0.444. The fourth-order valence-corrected chi connectivity index (χ4v) is 2.18. The third-order valence-electron chi connectivity index (χ3n) is 3.57. The third-order valence-corrected chi connectivity index (χ3v) is 3.57. The molecule has 1 rings (SSSR count). The highest BCUT2D eigenvalue weighted by atomic mass is 15.1. The van der Waals surface area contributed by atoms with Crippen LogP contribution in [0.4, 0.5) is 0 Å². The Hall–Kier alpha value is -0.0800. The van der Waals surface area contributed by atoms with Gasteiger partial charge in [0.1, 0.15) is 0 Å². The van der Waals surface area contributed by atoms with Crippen LogP contribution >= 0.6 is 0 Å². The van der Waals surface area contributed by atoms with Crippen LogP contribution in [0.2, 0.25) is 0 Å². The molecule has 1 N–H and O–H groups in total. The largest absolute Gasteiger partial charge is 0.316 e. The van der Waals surface area contributed by atoms with Gasteiger partial charge in [0.25, 0.3) is 0 Å². The molecule has 2 nitrogen and oxygen atoms in total. The van der Waals surface area contributed by atoms with E-state index in [1.807, 2.05) is 0 Å². The number of nitrogens with zero attached hydrogens (tertiary/aromatic N) is 1. The summed E-state index contributed by atoms with van der Waals surface area (Å²) in [6.45, 7) is 11.7. The molecular formula is C13H28N2. The summed E-state index contributed by atoms with van der Waals surface area (Å²) in [7, 11) is 2.28. The number of rotatable bonds is 8. The summed E-state index contributed by atoms with van der Waals surface area (Å²) in [6, 6.07) is 0. The zero-order valence-electron chi connectivity index (χ0n) is 11.0. The third kappa shape index (κ3) is 4.98. The molecule has 1 aliphatic carbocycles. The first kappa shape index (κ1) is 13.0. The summed E-state index contributed by atoms with van der Waals surface area (Å²) in [5.41, 5.74) is 0.444. The van der Waals surface area contributed by atoms with Gasteiger partial charge in [-0.3, -0.25) is 0 Å². The van der Waals surface area contributed by atoms with Gasteiger partial charge in [-0.15, -0.1) is 0 Å². The van der Waals surface area contributed by atoms with E-state index < -0.39 is 0 Å². The monoisotopic (exact) mass is 212 g/mol. The van der Waals surface area contributed by atoms with Crippen molar-refractivity contribution in [1.82, 2.24) is 10.2 Å². The van der Waals surface area contributed by atoms with Crippen molar-refractivity contribution < 1.29 is 0 Å². The minimum absolute atomic E-state index is 0.444. The van der Waals surface area contributed by atoms with Crippen LogP contribution in [0.1, 0.15) is 40.0 Å². The van der Waals surface area contributed by atoms with Gasteiger partial charge in [-0.2, -0.15) is 0 Å². The summed E-state index contributed by atoms with van der Waals surface area (Å²) in [4.78, 5) is 2.53. The highest BCUT2D eigenvalue weighted by molar-refractivity contribution is 4.82. The quantitative estimate of drug-likeness (QED) is 0.664. The van der Waals surface area contributed by atoms with E-state index in [-0.39, 0.29) is 0 Å². The maximum atomic E-state index is 3.49. The lowest BCUT2D eigenvalue weighted by molar-refractivity contribution is 0.176. The van der Waals surface area contributed by atoms with E-state index in [2.05, 4.69) is 38.0 Å². The van der Waals surface area contributed by atoms with Crippen molar-refractivity contribution in [2.75, 3.05) is 33.2 Å². The molecule has 1 aliphatic rings. The molecule has 0 radical (unpaired) electrons. The van der Waals surface area contributed by atoms with E-state index in [4.69, 9.17) is 0 Å². The molecule has 15 heavy (non-hydrogen) atoms. The number of nitrogens with one attached hydrogen (secondary N) is 1. The van der Waals surface area contributed by atoms with Gasteiger partial charge < -0.3 is 10.2 Å². The molecular weight excluding hydrogens is 184 g/mol. The van der Waals surface area contributed by atoms with E-state index >= 15 is 0 Å². The van der Waals surface area contributed by atoms with Gasteiger partial charge >= 0.3 is 0 Å². The first-order valence-corrected chi connectivity index (χ1v) is 6.49. The molecule has 90 valence electrons. The second kappa shape index (κ2) is 5.86. The van der Waals surface area contributed by atoms with E-state index in [0.717, 1.165) is 19.0 Å². The standard InChI is InChI=1S/C13H28N2/c1-5-13(3,10-14-6-2)11-15(4)9-12-7-8-12/h12,14H,5-11H2,1-4H3. The van der Waals surface area contributed by atoms with Gasteiger partial charge in [-0.25, -0.2) is 0 Å². The first-order valence-electron chi connectivity index (χ1n) is 6.49. The van der Waals surface area contributed by atoms with Gasteiger partial charge in [-0.1, -0.05) is 20.8 Å². The molecule has 0 heterocycles. The maximum Gasteiger partial charge on any atom is 0.00444 e. The summed E-state index contributed by atoms with van der Waals surface area (Å²) in [5.74, 6) is 1.01. The molecule has 1 unspecified atom stereocenters. The van der Waals surface area contributed by atoms with E-state index in [0.29, 0.717) is 5.41 Å². The molecule has 1 saturated carbocycles. The fraction of sp³-hybridized carbons (Fsp3) is 1.00. The van der Waals surface area contributed by atoms with Crippen LogP contribution in [-0.4, -0.2) is 38.1 Å². The molecule has 0 aromatic heterocycles. The topological polar surface area (TPSA) is 15.3 Å². The summed E-state index contributed by atoms with van der Waals surface area (Å²) in [6.07, 6.45) is 4.18. The van der Waals surface area contributed by atoms with E-state index in [9.17, 15) is 0 Å². The van der Waals surface area contributed by atoms with Crippen LogP contribution in [0.25, 0.3) is 0 Å². The predicted octanol–water partition coefficient (Wildman–Crippen LogP) is 2.35. The Labute approximate surface area is 95.4 Å². The normalized spacial score (nSPS) is 20.6. The summed E-state index contributed by atoms with van der Waals surface area (Å²) in [5, 5.41) is 3.49. The molecule has 0 aliphatic heterocycles. The van der Waals surface area contributed by atoms with Crippen LogP contribution in [0.3, 0.4) is 0 Å². The Balaban J connectivity index is 2.28. The molecule has 1 fully saturated rings. The van der Waals surface area contributed by atoms with Crippen molar-refractivity contribution in [3.63, 3.8) is 0 Å². The zero-order valence-corrected chi connectivity index (χ0v) is 11.0. The van der Waals surface area contributed by atoms with Gasteiger partial charge in [0.2, 0.25) is 0 Å². The molecule has 0 spiro atoms. The SMILES string of the molecule is CCNCC(C)(CC)CN(C)CC1CC1. The van der Waals surface area contributed by atoms with Crippen molar-refractivity contribution >= 4 is 0 Å². The minimum Gasteiger partial charge on any atom is -0.316 e. The van der Waals surface area contributed by atoms with E-state index in [1.165, 1.54) is 32.4 Å². The summed E-state index contributed by atoms with van der Waals surface area (Å²) >= 11 is 0. The molecule has 0 saturated heterocycles. The van der Waals surface area contributed by atoms with Crippen molar-refractivity contribution in [3.05, 3.63) is 0 Å². The van der Waals surface area contributed by atoms with Crippen LogP contribution in [0.15, 0.2) is 0 Å². The van der Waals surface area contributed by atoms with Crippen LogP contribution in [0.5, 0.6) is 0 Å². The van der Waals surface area contributed by atoms with Gasteiger partial charge in [-0.05, 0) is 44.2 Å². The Morgan fingerprint density at radius 3 is 2.47 bits per heavy atom. The number of hydrogen-bond acceptors (Lipinski definition) is 2. The lowest BCUT2D eigenvalue weighted by Gasteiger charge is -2.33. The Morgan fingerprint density at radius 1 is 1.33 bits per heavy atom. The van der Waals surface area contributed by atoms with Gasteiger partial charge in [0.15, 0.2) is 0 Å². The highest BCUT2D eigenvalue weighted by Crippen LogP contribution is 2.30. The van der Waals surface area contributed by atoms with E-state index in [1.54, 1.807) is 0 Å². The lowest BCUT2D eigenvalue weighted by Crippen LogP contribution is -2.41. The van der Waals surface area contributed by atoms with Crippen molar-refractivity contribution in [1.29, 1.82) is 0 Å². The van der Waals surface area contributed by atoms with Gasteiger partial charge in [0.05, 0.1) is 0 Å². The van der Waals surface area contributed by atoms with Crippen LogP contribution in [0, 0.1) is 11.3 Å². The van der Waals surface area contributed by atoms with Crippen molar-refractivity contribution in [2.24, 2.45) is 11.3 Å².